The summed E-state index contributed by atoms with van der Waals surface area (Å²) in [6, 6.07) is 8.15. The number of rotatable bonds is 4. The molecule has 1 aromatic rings. The maximum atomic E-state index is 11.4. The Balaban J connectivity index is 2.05. The van der Waals surface area contributed by atoms with Crippen molar-refractivity contribution < 1.29 is 9.53 Å². The van der Waals surface area contributed by atoms with E-state index >= 15 is 0 Å². The molecular formula is C16H22N2O2. The predicted molar refractivity (Wildman–Crippen MR) is 79.1 cm³/mol. The lowest BCUT2D eigenvalue weighted by molar-refractivity contribution is -0.128. The third kappa shape index (κ3) is 3.39. The van der Waals surface area contributed by atoms with Gasteiger partial charge in [-0.2, -0.15) is 0 Å². The van der Waals surface area contributed by atoms with E-state index in [1.807, 2.05) is 32.9 Å². The van der Waals surface area contributed by atoms with E-state index in [0.29, 0.717) is 0 Å². The van der Waals surface area contributed by atoms with Gasteiger partial charge in [-0.1, -0.05) is 12.1 Å². The summed E-state index contributed by atoms with van der Waals surface area (Å²) in [5.74, 6) is 0.919. The van der Waals surface area contributed by atoms with E-state index < -0.39 is 0 Å². The van der Waals surface area contributed by atoms with E-state index in [9.17, 15) is 4.79 Å². The standard InChI is InChI=1S/C16H22N2O2/c1-11(2)20-16-7-5-14(6-8-16)9-15-10-17-18(12(15)3)13(4)19/h5-8,11,17H,9-10H2,1-4H3. The average molecular weight is 274 g/mol. The maximum absolute atomic E-state index is 11.4. The molecule has 0 atom stereocenters. The number of hydrogen-bond acceptors (Lipinski definition) is 3. The molecule has 1 aromatic carbocycles. The van der Waals surface area contributed by atoms with Gasteiger partial charge in [-0.15, -0.1) is 0 Å². The van der Waals surface area contributed by atoms with Crippen LogP contribution in [0, 0.1) is 0 Å². The third-order valence-corrected chi connectivity index (χ3v) is 3.33. The number of ether oxygens (including phenoxy) is 1. The highest BCUT2D eigenvalue weighted by Crippen LogP contribution is 2.21. The number of carbonyl (C=O) groups is 1. The number of carbonyl (C=O) groups excluding carboxylic acids is 1. The number of nitrogens with zero attached hydrogens (tertiary/aromatic N) is 1. The highest BCUT2D eigenvalue weighted by molar-refractivity contribution is 5.75. The van der Waals surface area contributed by atoms with Crippen molar-refractivity contribution in [1.29, 1.82) is 0 Å². The van der Waals surface area contributed by atoms with Crippen molar-refractivity contribution in [3.05, 3.63) is 41.1 Å². The van der Waals surface area contributed by atoms with Gasteiger partial charge >= 0.3 is 0 Å². The minimum absolute atomic E-state index is 0.0261. The van der Waals surface area contributed by atoms with Crippen LogP contribution in [0.25, 0.3) is 0 Å². The Labute approximate surface area is 120 Å². The highest BCUT2D eigenvalue weighted by Gasteiger charge is 2.21. The third-order valence-electron chi connectivity index (χ3n) is 3.33. The van der Waals surface area contributed by atoms with Crippen molar-refractivity contribution in [2.75, 3.05) is 6.54 Å². The van der Waals surface area contributed by atoms with Crippen molar-refractivity contribution in [1.82, 2.24) is 10.4 Å². The van der Waals surface area contributed by atoms with Crippen molar-refractivity contribution in [3.8, 4) is 5.75 Å². The second-order valence-electron chi connectivity index (χ2n) is 5.37. The van der Waals surface area contributed by atoms with Crippen LogP contribution >= 0.6 is 0 Å². The minimum Gasteiger partial charge on any atom is -0.491 e. The molecule has 0 saturated heterocycles. The smallest absolute Gasteiger partial charge is 0.237 e. The van der Waals surface area contributed by atoms with Crippen molar-refractivity contribution in [2.24, 2.45) is 0 Å². The van der Waals surface area contributed by atoms with E-state index in [4.69, 9.17) is 4.74 Å². The molecule has 0 aliphatic carbocycles. The van der Waals surface area contributed by atoms with Gasteiger partial charge in [-0.25, -0.2) is 10.4 Å². The highest BCUT2D eigenvalue weighted by atomic mass is 16.5. The molecule has 1 aliphatic rings. The fraction of sp³-hybridized carbons (Fsp3) is 0.438. The van der Waals surface area contributed by atoms with E-state index in [1.165, 1.54) is 11.1 Å². The summed E-state index contributed by atoms with van der Waals surface area (Å²) in [6.07, 6.45) is 1.04. The molecule has 2 rings (SSSR count). The number of hydrazine groups is 1. The zero-order valence-electron chi connectivity index (χ0n) is 12.6. The van der Waals surface area contributed by atoms with Gasteiger partial charge in [0, 0.05) is 19.2 Å². The van der Waals surface area contributed by atoms with Crippen LogP contribution in [0.1, 0.15) is 33.3 Å². The van der Waals surface area contributed by atoms with Crippen LogP contribution < -0.4 is 10.2 Å². The number of hydrogen-bond donors (Lipinski definition) is 1. The van der Waals surface area contributed by atoms with Gasteiger partial charge in [0.15, 0.2) is 0 Å². The van der Waals surface area contributed by atoms with Crippen LogP contribution in [0.3, 0.4) is 0 Å². The van der Waals surface area contributed by atoms with Gasteiger partial charge < -0.3 is 4.74 Å². The molecule has 0 saturated carbocycles. The summed E-state index contributed by atoms with van der Waals surface area (Å²) < 4.78 is 5.63. The van der Waals surface area contributed by atoms with E-state index in [0.717, 1.165) is 24.4 Å². The van der Waals surface area contributed by atoms with Crippen molar-refractivity contribution >= 4 is 5.91 Å². The number of amides is 1. The van der Waals surface area contributed by atoms with Crippen LogP contribution in [-0.2, 0) is 11.2 Å². The molecule has 4 heteroatoms. The quantitative estimate of drug-likeness (QED) is 0.917. The summed E-state index contributed by atoms with van der Waals surface area (Å²) in [7, 11) is 0. The summed E-state index contributed by atoms with van der Waals surface area (Å²) in [4.78, 5) is 11.4. The molecule has 0 bridgehead atoms. The zero-order chi connectivity index (χ0) is 14.7. The van der Waals surface area contributed by atoms with Crippen molar-refractivity contribution in [2.45, 2.75) is 40.2 Å². The molecule has 0 aromatic heterocycles. The summed E-state index contributed by atoms with van der Waals surface area (Å²) in [6.45, 7) is 8.31. The molecule has 1 amide bonds. The average Bonchev–Trinajstić information content (AvgIpc) is 2.73. The molecule has 0 radical (unpaired) electrons. The van der Waals surface area contributed by atoms with E-state index in [-0.39, 0.29) is 12.0 Å². The van der Waals surface area contributed by atoms with Crippen LogP contribution in [-0.4, -0.2) is 23.6 Å². The fourth-order valence-corrected chi connectivity index (χ4v) is 2.32. The lowest BCUT2D eigenvalue weighted by Gasteiger charge is -2.14. The van der Waals surface area contributed by atoms with Gasteiger partial charge in [-0.3, -0.25) is 4.79 Å². The first-order valence-electron chi connectivity index (χ1n) is 6.96. The first-order valence-corrected chi connectivity index (χ1v) is 6.96. The Bertz CT molecular complexity index is 518. The number of nitrogens with one attached hydrogen (secondary N) is 1. The lowest BCUT2D eigenvalue weighted by Crippen LogP contribution is -2.35. The summed E-state index contributed by atoms with van der Waals surface area (Å²) >= 11 is 0. The Kier molecular flexibility index (Phi) is 4.45. The Morgan fingerprint density at radius 1 is 1.35 bits per heavy atom. The molecule has 4 nitrogen and oxygen atoms in total. The summed E-state index contributed by atoms with van der Waals surface area (Å²) in [5, 5.41) is 1.62. The largest absolute Gasteiger partial charge is 0.491 e. The van der Waals surface area contributed by atoms with E-state index in [1.54, 1.807) is 11.9 Å². The molecule has 0 spiro atoms. The van der Waals surface area contributed by atoms with Crippen LogP contribution in [0.5, 0.6) is 5.75 Å². The molecule has 20 heavy (non-hydrogen) atoms. The lowest BCUT2D eigenvalue weighted by atomic mass is 10.0. The normalized spacial score (nSPS) is 15.2. The first kappa shape index (κ1) is 14.6. The molecule has 0 unspecified atom stereocenters. The second-order valence-corrected chi connectivity index (χ2v) is 5.37. The van der Waals surface area contributed by atoms with Gasteiger partial charge in [0.25, 0.3) is 0 Å². The Morgan fingerprint density at radius 3 is 2.50 bits per heavy atom. The molecule has 0 fully saturated rings. The van der Waals surface area contributed by atoms with Crippen LogP contribution in [0.4, 0.5) is 0 Å². The molecule has 1 aliphatic heterocycles. The van der Waals surface area contributed by atoms with Gasteiger partial charge in [0.1, 0.15) is 5.75 Å². The fourth-order valence-electron chi connectivity index (χ4n) is 2.32. The first-order chi connectivity index (χ1) is 9.47. The van der Waals surface area contributed by atoms with Gasteiger partial charge in [-0.05, 0) is 50.5 Å². The number of benzene rings is 1. The predicted octanol–water partition coefficient (Wildman–Crippen LogP) is 2.66. The topological polar surface area (TPSA) is 41.6 Å². The monoisotopic (exact) mass is 274 g/mol. The van der Waals surface area contributed by atoms with Crippen molar-refractivity contribution in [3.63, 3.8) is 0 Å². The van der Waals surface area contributed by atoms with E-state index in [2.05, 4.69) is 17.6 Å². The Hall–Kier alpha value is -1.81. The minimum atomic E-state index is 0.0261. The van der Waals surface area contributed by atoms with Gasteiger partial charge in [0.05, 0.1) is 6.10 Å². The maximum Gasteiger partial charge on any atom is 0.237 e. The molecular weight excluding hydrogens is 252 g/mol. The SMILES string of the molecule is CC(=O)N1NCC(Cc2ccc(OC(C)C)cc2)=C1C. The molecule has 1 N–H and O–H groups in total. The van der Waals surface area contributed by atoms with Crippen LogP contribution in [0.2, 0.25) is 0 Å². The Morgan fingerprint density at radius 2 is 2.00 bits per heavy atom. The molecule has 108 valence electrons. The summed E-state index contributed by atoms with van der Waals surface area (Å²) in [5.41, 5.74) is 6.59. The number of allylic oxidation sites excluding steroid dienone is 1. The van der Waals surface area contributed by atoms with Crippen LogP contribution in [0.15, 0.2) is 35.5 Å². The zero-order valence-corrected chi connectivity index (χ0v) is 12.6. The molecule has 1 heterocycles. The van der Waals surface area contributed by atoms with Gasteiger partial charge in [0.2, 0.25) is 5.91 Å². The second kappa shape index (κ2) is 6.09.